The van der Waals surface area contributed by atoms with Crippen molar-refractivity contribution in [2.24, 2.45) is 0 Å². The van der Waals surface area contributed by atoms with Crippen LogP contribution in [0.25, 0.3) is 0 Å². The zero-order valence-corrected chi connectivity index (χ0v) is 10.9. The summed E-state index contributed by atoms with van der Waals surface area (Å²) in [4.78, 5) is 35.4. The van der Waals surface area contributed by atoms with Gasteiger partial charge in [-0.05, 0) is 29.6 Å². The number of anilines is 1. The number of likely N-dealkylation sites (N-methyl/N-ethyl adjacent to an activating group) is 1. The maximum absolute atomic E-state index is 11.8. The summed E-state index contributed by atoms with van der Waals surface area (Å²) in [5, 5.41) is 2.66. The van der Waals surface area contributed by atoms with Crippen molar-refractivity contribution < 1.29 is 9.59 Å². The molecule has 0 aromatic carbocycles. The van der Waals surface area contributed by atoms with Gasteiger partial charge in [0, 0.05) is 13.5 Å². The Labute approximate surface area is 113 Å². The molecule has 0 bridgehead atoms. The normalized spacial score (nSPS) is 20.2. The molecule has 0 spiro atoms. The summed E-state index contributed by atoms with van der Waals surface area (Å²) < 4.78 is 0. The first-order chi connectivity index (χ1) is 8.47. The van der Waals surface area contributed by atoms with E-state index in [2.05, 4.69) is 20.3 Å². The molecule has 1 aliphatic rings. The van der Waals surface area contributed by atoms with Gasteiger partial charge in [-0.15, -0.1) is 0 Å². The minimum absolute atomic E-state index is 0.0646. The van der Waals surface area contributed by atoms with Crippen molar-refractivity contribution in [3.63, 3.8) is 0 Å². The lowest BCUT2D eigenvalue weighted by atomic mass is 10.1. The van der Waals surface area contributed by atoms with Crippen LogP contribution in [0.3, 0.4) is 0 Å². The van der Waals surface area contributed by atoms with Gasteiger partial charge in [0.15, 0.2) is 0 Å². The number of likely N-dealkylation sites (tertiary alicyclic amines) is 1. The van der Waals surface area contributed by atoms with Crippen LogP contribution in [0.2, 0.25) is 10.6 Å². The van der Waals surface area contributed by atoms with E-state index in [0.717, 1.165) is 4.90 Å². The molecule has 0 radical (unpaired) electrons. The van der Waals surface area contributed by atoms with Gasteiger partial charge in [-0.25, -0.2) is 0 Å². The van der Waals surface area contributed by atoms with Crippen LogP contribution in [0.1, 0.15) is 12.8 Å². The Hall–Kier alpha value is -1.47. The number of aromatic nitrogens is 3. The number of rotatable bonds is 2. The van der Waals surface area contributed by atoms with E-state index in [1.807, 2.05) is 0 Å². The molecule has 1 N–H and O–H groups in total. The van der Waals surface area contributed by atoms with Gasteiger partial charge in [-0.3, -0.25) is 14.5 Å². The Bertz CT molecular complexity index is 489. The van der Waals surface area contributed by atoms with E-state index >= 15 is 0 Å². The average molecular weight is 290 g/mol. The molecule has 9 heteroatoms. The first-order valence-corrected chi connectivity index (χ1v) is 5.87. The highest BCUT2D eigenvalue weighted by Crippen LogP contribution is 2.16. The van der Waals surface area contributed by atoms with Crippen molar-refractivity contribution in [2.45, 2.75) is 18.9 Å². The molecule has 1 saturated heterocycles. The maximum atomic E-state index is 11.8. The second-order valence-electron chi connectivity index (χ2n) is 3.72. The fourth-order valence-corrected chi connectivity index (χ4v) is 1.96. The minimum Gasteiger partial charge on any atom is -0.342 e. The summed E-state index contributed by atoms with van der Waals surface area (Å²) in [6, 6.07) is -0.567. The van der Waals surface area contributed by atoms with Crippen LogP contribution in [0.4, 0.5) is 5.95 Å². The second kappa shape index (κ2) is 5.03. The van der Waals surface area contributed by atoms with Crippen LogP contribution < -0.4 is 5.32 Å². The van der Waals surface area contributed by atoms with Crippen molar-refractivity contribution in [1.29, 1.82) is 0 Å². The molecule has 1 unspecified atom stereocenters. The highest BCUT2D eigenvalue weighted by molar-refractivity contribution is 6.31. The smallest absolute Gasteiger partial charge is 0.251 e. The Morgan fingerprint density at radius 3 is 2.44 bits per heavy atom. The first kappa shape index (κ1) is 13.0. The van der Waals surface area contributed by atoms with E-state index in [9.17, 15) is 9.59 Å². The Kier molecular flexibility index (Phi) is 3.63. The predicted octanol–water partition coefficient (Wildman–Crippen LogP) is 0.738. The third kappa shape index (κ3) is 2.68. The molecule has 1 aliphatic heterocycles. The van der Waals surface area contributed by atoms with Crippen molar-refractivity contribution >= 4 is 41.0 Å². The van der Waals surface area contributed by atoms with Gasteiger partial charge < -0.3 is 5.32 Å². The zero-order chi connectivity index (χ0) is 13.3. The van der Waals surface area contributed by atoms with Crippen molar-refractivity contribution in [1.82, 2.24) is 19.9 Å². The van der Waals surface area contributed by atoms with Gasteiger partial charge in [0.25, 0.3) is 5.91 Å². The van der Waals surface area contributed by atoms with Gasteiger partial charge in [0.1, 0.15) is 6.04 Å². The predicted molar refractivity (Wildman–Crippen MR) is 64.3 cm³/mol. The van der Waals surface area contributed by atoms with E-state index in [1.54, 1.807) is 0 Å². The van der Waals surface area contributed by atoms with Gasteiger partial charge in [0.2, 0.25) is 22.4 Å². The molecule has 2 amide bonds. The summed E-state index contributed by atoms with van der Waals surface area (Å²) in [5.41, 5.74) is 0. The second-order valence-corrected chi connectivity index (χ2v) is 4.40. The van der Waals surface area contributed by atoms with Gasteiger partial charge in [-0.2, -0.15) is 15.0 Å². The molecule has 7 nitrogen and oxygen atoms in total. The fourth-order valence-electron chi connectivity index (χ4n) is 1.60. The number of carbonyl (C=O) groups is 2. The largest absolute Gasteiger partial charge is 0.342 e. The Morgan fingerprint density at radius 1 is 1.22 bits per heavy atom. The summed E-state index contributed by atoms with van der Waals surface area (Å²) in [6.45, 7) is 0. The van der Waals surface area contributed by atoms with Crippen LogP contribution in [-0.4, -0.2) is 44.8 Å². The minimum atomic E-state index is -0.567. The highest BCUT2D eigenvalue weighted by atomic mass is 35.5. The number of piperidine rings is 1. The van der Waals surface area contributed by atoms with Crippen LogP contribution in [-0.2, 0) is 9.59 Å². The van der Waals surface area contributed by atoms with Crippen LogP contribution in [0, 0.1) is 0 Å². The molecule has 2 heterocycles. The number of carbonyl (C=O) groups excluding carboxylic acids is 2. The van der Waals surface area contributed by atoms with Crippen LogP contribution >= 0.6 is 23.2 Å². The first-order valence-electron chi connectivity index (χ1n) is 5.11. The summed E-state index contributed by atoms with van der Waals surface area (Å²) >= 11 is 11.2. The molecule has 1 fully saturated rings. The third-order valence-electron chi connectivity index (χ3n) is 2.53. The summed E-state index contributed by atoms with van der Waals surface area (Å²) in [6.07, 6.45) is 0.662. The topological polar surface area (TPSA) is 88.1 Å². The molecule has 1 atom stereocenters. The van der Waals surface area contributed by atoms with Crippen LogP contribution in [0.5, 0.6) is 0 Å². The van der Waals surface area contributed by atoms with E-state index < -0.39 is 6.04 Å². The summed E-state index contributed by atoms with van der Waals surface area (Å²) in [7, 11) is 1.44. The van der Waals surface area contributed by atoms with Gasteiger partial charge in [0.05, 0.1) is 0 Å². The van der Waals surface area contributed by atoms with Crippen molar-refractivity contribution in [3.05, 3.63) is 10.6 Å². The fraction of sp³-hybridized carbons (Fsp3) is 0.444. The number of halogens is 2. The summed E-state index contributed by atoms with van der Waals surface area (Å²) in [5.74, 6) is -0.426. The molecule has 2 rings (SSSR count). The van der Waals surface area contributed by atoms with Crippen LogP contribution in [0.15, 0.2) is 0 Å². The lowest BCUT2D eigenvalue weighted by Crippen LogP contribution is -2.48. The number of hydrogen-bond acceptors (Lipinski definition) is 6. The Balaban J connectivity index is 2.14. The van der Waals surface area contributed by atoms with Gasteiger partial charge >= 0.3 is 0 Å². The lowest BCUT2D eigenvalue weighted by molar-refractivity contribution is -0.146. The highest BCUT2D eigenvalue weighted by Gasteiger charge is 2.32. The molecule has 96 valence electrons. The average Bonchev–Trinajstić information content (AvgIpc) is 2.29. The van der Waals surface area contributed by atoms with Gasteiger partial charge in [-0.1, -0.05) is 0 Å². The van der Waals surface area contributed by atoms with E-state index in [1.165, 1.54) is 7.05 Å². The molecule has 0 aliphatic carbocycles. The quantitative estimate of drug-likeness (QED) is 0.808. The van der Waals surface area contributed by atoms with Crippen molar-refractivity contribution in [3.8, 4) is 0 Å². The molecular weight excluding hydrogens is 281 g/mol. The number of nitrogens with one attached hydrogen (secondary N) is 1. The van der Waals surface area contributed by atoms with Crippen molar-refractivity contribution in [2.75, 3.05) is 12.4 Å². The van der Waals surface area contributed by atoms with E-state index in [0.29, 0.717) is 6.42 Å². The lowest BCUT2D eigenvalue weighted by Gasteiger charge is -2.28. The molecule has 1 aromatic heterocycles. The molecule has 0 saturated carbocycles. The maximum Gasteiger partial charge on any atom is 0.251 e. The number of hydrogen-bond donors (Lipinski definition) is 1. The Morgan fingerprint density at radius 2 is 1.83 bits per heavy atom. The standard InChI is InChI=1S/C9H9Cl2N5O2/c1-16-5(17)3-2-4(6(16)18)12-9-14-7(10)13-8(11)15-9/h4H,2-3H2,1H3,(H,12,13,14,15). The molecular formula is C9H9Cl2N5O2. The monoisotopic (exact) mass is 289 g/mol. The number of nitrogens with zero attached hydrogens (tertiary/aromatic N) is 4. The zero-order valence-electron chi connectivity index (χ0n) is 9.35. The SMILES string of the molecule is CN1C(=O)CCC(Nc2nc(Cl)nc(Cl)n2)C1=O. The number of amides is 2. The number of imide groups is 1. The van der Waals surface area contributed by atoms with E-state index in [4.69, 9.17) is 23.2 Å². The molecule has 1 aromatic rings. The van der Waals surface area contributed by atoms with E-state index in [-0.39, 0.29) is 34.8 Å². The molecule has 18 heavy (non-hydrogen) atoms. The third-order valence-corrected chi connectivity index (χ3v) is 2.87.